The molecule has 0 amide bonds. The smallest absolute Gasteiger partial charge is 0.224 e. The van der Waals surface area contributed by atoms with E-state index in [1.165, 1.54) is 0 Å². The summed E-state index contributed by atoms with van der Waals surface area (Å²) in [5.41, 5.74) is 0. The van der Waals surface area contributed by atoms with Gasteiger partial charge in [0.05, 0.1) is 6.10 Å². The van der Waals surface area contributed by atoms with Crippen LogP contribution in [0.5, 0.6) is 0 Å². The van der Waals surface area contributed by atoms with E-state index < -0.39 is 0 Å². The first kappa shape index (κ1) is 13.1. The molecule has 0 radical (unpaired) electrons. The molecule has 2 N–H and O–H groups in total. The molecule has 5 nitrogen and oxygen atoms in total. The summed E-state index contributed by atoms with van der Waals surface area (Å²) in [6.07, 6.45) is 6.57. The van der Waals surface area contributed by atoms with Gasteiger partial charge in [-0.05, 0) is 31.7 Å². The van der Waals surface area contributed by atoms with E-state index in [0.29, 0.717) is 18.1 Å². The SMILES string of the molecule is CCCNc1nccc(NC2CCC(OC)C2)n1. The van der Waals surface area contributed by atoms with Gasteiger partial charge in [-0.1, -0.05) is 6.92 Å². The summed E-state index contributed by atoms with van der Waals surface area (Å²) in [6, 6.07) is 2.38. The van der Waals surface area contributed by atoms with Crippen LogP contribution in [0.4, 0.5) is 11.8 Å². The molecule has 2 atom stereocenters. The van der Waals surface area contributed by atoms with Crippen LogP contribution >= 0.6 is 0 Å². The van der Waals surface area contributed by atoms with Crippen LogP contribution in [-0.4, -0.2) is 35.8 Å². The van der Waals surface area contributed by atoms with E-state index in [2.05, 4.69) is 27.5 Å². The molecule has 2 rings (SSSR count). The first-order valence-corrected chi connectivity index (χ1v) is 6.68. The van der Waals surface area contributed by atoms with E-state index >= 15 is 0 Å². The van der Waals surface area contributed by atoms with Crippen LogP contribution in [0.2, 0.25) is 0 Å². The van der Waals surface area contributed by atoms with E-state index in [1.807, 2.05) is 6.07 Å². The van der Waals surface area contributed by atoms with Gasteiger partial charge < -0.3 is 15.4 Å². The van der Waals surface area contributed by atoms with E-state index in [0.717, 1.165) is 38.0 Å². The molecule has 1 aliphatic carbocycles. The molecule has 1 aromatic heterocycles. The van der Waals surface area contributed by atoms with Gasteiger partial charge in [-0.3, -0.25) is 0 Å². The number of ether oxygens (including phenoxy) is 1. The van der Waals surface area contributed by atoms with Crippen molar-refractivity contribution in [3.8, 4) is 0 Å². The van der Waals surface area contributed by atoms with Crippen LogP contribution in [0, 0.1) is 0 Å². The van der Waals surface area contributed by atoms with Gasteiger partial charge in [-0.15, -0.1) is 0 Å². The Morgan fingerprint density at radius 2 is 2.33 bits per heavy atom. The highest BCUT2D eigenvalue weighted by Gasteiger charge is 2.24. The van der Waals surface area contributed by atoms with Crippen molar-refractivity contribution in [2.75, 3.05) is 24.3 Å². The number of rotatable bonds is 6. The Morgan fingerprint density at radius 3 is 3.06 bits per heavy atom. The van der Waals surface area contributed by atoms with Crippen LogP contribution in [0.3, 0.4) is 0 Å². The van der Waals surface area contributed by atoms with Gasteiger partial charge >= 0.3 is 0 Å². The lowest BCUT2D eigenvalue weighted by Gasteiger charge is -2.14. The molecule has 5 heteroatoms. The van der Waals surface area contributed by atoms with Crippen molar-refractivity contribution in [1.29, 1.82) is 0 Å². The Kier molecular flexibility index (Phi) is 4.75. The summed E-state index contributed by atoms with van der Waals surface area (Å²) in [7, 11) is 1.78. The lowest BCUT2D eigenvalue weighted by Crippen LogP contribution is -2.18. The number of nitrogens with one attached hydrogen (secondary N) is 2. The van der Waals surface area contributed by atoms with Gasteiger partial charge in [0.25, 0.3) is 0 Å². The summed E-state index contributed by atoms with van der Waals surface area (Å²) >= 11 is 0. The van der Waals surface area contributed by atoms with E-state index in [1.54, 1.807) is 13.3 Å². The fourth-order valence-electron chi connectivity index (χ4n) is 2.26. The van der Waals surface area contributed by atoms with E-state index in [9.17, 15) is 0 Å². The largest absolute Gasteiger partial charge is 0.381 e. The third-order valence-electron chi connectivity index (χ3n) is 3.26. The van der Waals surface area contributed by atoms with Crippen LogP contribution < -0.4 is 10.6 Å². The first-order valence-electron chi connectivity index (χ1n) is 6.68. The topological polar surface area (TPSA) is 59.1 Å². The second kappa shape index (κ2) is 6.54. The van der Waals surface area contributed by atoms with Crippen molar-refractivity contribution in [3.63, 3.8) is 0 Å². The Labute approximate surface area is 108 Å². The zero-order chi connectivity index (χ0) is 12.8. The second-order valence-corrected chi connectivity index (χ2v) is 4.70. The molecule has 0 bridgehead atoms. The van der Waals surface area contributed by atoms with Crippen molar-refractivity contribution < 1.29 is 4.74 Å². The summed E-state index contributed by atoms with van der Waals surface area (Å²) < 4.78 is 5.37. The number of anilines is 2. The maximum atomic E-state index is 5.37. The van der Waals surface area contributed by atoms with Crippen molar-refractivity contribution >= 4 is 11.8 Å². The van der Waals surface area contributed by atoms with Crippen molar-refractivity contribution in [2.45, 2.75) is 44.8 Å². The third-order valence-corrected chi connectivity index (χ3v) is 3.26. The highest BCUT2D eigenvalue weighted by molar-refractivity contribution is 5.40. The Bertz CT molecular complexity index is 372. The fraction of sp³-hybridized carbons (Fsp3) is 0.692. The fourth-order valence-corrected chi connectivity index (χ4v) is 2.26. The molecule has 0 saturated heterocycles. The van der Waals surface area contributed by atoms with E-state index in [-0.39, 0.29) is 0 Å². The van der Waals surface area contributed by atoms with Crippen LogP contribution in [-0.2, 0) is 4.74 Å². The zero-order valence-electron chi connectivity index (χ0n) is 11.1. The number of nitrogens with zero attached hydrogens (tertiary/aromatic N) is 2. The average Bonchev–Trinajstić information content (AvgIpc) is 2.84. The molecule has 0 aromatic carbocycles. The monoisotopic (exact) mass is 250 g/mol. The molecule has 18 heavy (non-hydrogen) atoms. The summed E-state index contributed by atoms with van der Waals surface area (Å²) in [5.74, 6) is 1.59. The zero-order valence-corrected chi connectivity index (χ0v) is 11.1. The van der Waals surface area contributed by atoms with Crippen molar-refractivity contribution in [3.05, 3.63) is 12.3 Å². The quantitative estimate of drug-likeness (QED) is 0.811. The normalized spacial score (nSPS) is 23.0. The van der Waals surface area contributed by atoms with Crippen molar-refractivity contribution in [1.82, 2.24) is 9.97 Å². The lowest BCUT2D eigenvalue weighted by atomic mass is 10.2. The molecule has 0 spiro atoms. The molecular weight excluding hydrogens is 228 g/mol. The summed E-state index contributed by atoms with van der Waals surface area (Å²) in [6.45, 7) is 3.02. The minimum atomic E-state index is 0.391. The Balaban J connectivity index is 1.89. The number of aromatic nitrogens is 2. The molecule has 1 aliphatic rings. The van der Waals surface area contributed by atoms with Crippen LogP contribution in [0.1, 0.15) is 32.6 Å². The highest BCUT2D eigenvalue weighted by atomic mass is 16.5. The highest BCUT2D eigenvalue weighted by Crippen LogP contribution is 2.24. The molecular formula is C13H22N4O. The maximum absolute atomic E-state index is 5.37. The van der Waals surface area contributed by atoms with Gasteiger partial charge in [-0.2, -0.15) is 4.98 Å². The summed E-state index contributed by atoms with van der Waals surface area (Å²) in [4.78, 5) is 8.65. The molecule has 1 heterocycles. The molecule has 1 saturated carbocycles. The first-order chi connectivity index (χ1) is 8.81. The predicted molar refractivity (Wildman–Crippen MR) is 72.9 cm³/mol. The van der Waals surface area contributed by atoms with E-state index in [4.69, 9.17) is 4.74 Å². The van der Waals surface area contributed by atoms with Gasteiger partial charge in [0.15, 0.2) is 0 Å². The van der Waals surface area contributed by atoms with Gasteiger partial charge in [0.2, 0.25) is 5.95 Å². The Hall–Kier alpha value is -1.36. The second-order valence-electron chi connectivity index (χ2n) is 4.70. The summed E-state index contributed by atoms with van der Waals surface area (Å²) in [5, 5.41) is 6.64. The molecule has 0 aliphatic heterocycles. The van der Waals surface area contributed by atoms with Gasteiger partial charge in [-0.25, -0.2) is 4.98 Å². The van der Waals surface area contributed by atoms with Crippen molar-refractivity contribution in [2.24, 2.45) is 0 Å². The minimum absolute atomic E-state index is 0.391. The molecule has 2 unspecified atom stereocenters. The molecule has 1 fully saturated rings. The predicted octanol–water partition coefficient (Wildman–Crippen LogP) is 2.28. The molecule has 100 valence electrons. The average molecular weight is 250 g/mol. The number of methoxy groups -OCH3 is 1. The van der Waals surface area contributed by atoms with Crippen LogP contribution in [0.15, 0.2) is 12.3 Å². The molecule has 1 aromatic rings. The minimum Gasteiger partial charge on any atom is -0.381 e. The number of hydrogen-bond acceptors (Lipinski definition) is 5. The van der Waals surface area contributed by atoms with Crippen LogP contribution in [0.25, 0.3) is 0 Å². The van der Waals surface area contributed by atoms with Gasteiger partial charge in [0.1, 0.15) is 5.82 Å². The number of hydrogen-bond donors (Lipinski definition) is 2. The lowest BCUT2D eigenvalue weighted by molar-refractivity contribution is 0.108. The van der Waals surface area contributed by atoms with Gasteiger partial charge in [0, 0.05) is 25.9 Å². The third kappa shape index (κ3) is 3.57. The standard InChI is InChI=1S/C13H22N4O/c1-3-7-14-13-15-8-6-12(17-13)16-10-4-5-11(9-10)18-2/h6,8,10-11H,3-5,7,9H2,1-2H3,(H2,14,15,16,17). The maximum Gasteiger partial charge on any atom is 0.224 e. The Morgan fingerprint density at radius 1 is 1.44 bits per heavy atom.